The number of carboxylic acid groups (broad SMARTS) is 1. The minimum Gasteiger partial charge on any atom is -0.478 e. The first kappa shape index (κ1) is 13.7. The molecule has 0 spiro atoms. The molecule has 0 radical (unpaired) electrons. The van der Waals surface area contributed by atoms with Gasteiger partial charge in [-0.3, -0.25) is 0 Å². The van der Waals surface area contributed by atoms with Gasteiger partial charge in [0.25, 0.3) is 0 Å². The molecule has 88 valence electrons. The number of rotatable bonds is 6. The molecule has 0 saturated carbocycles. The van der Waals surface area contributed by atoms with Gasteiger partial charge in [-0.15, -0.1) is 11.8 Å². The van der Waals surface area contributed by atoms with Crippen molar-refractivity contribution in [3.05, 3.63) is 28.8 Å². The van der Waals surface area contributed by atoms with Crippen LogP contribution in [0.1, 0.15) is 16.8 Å². The molecule has 16 heavy (non-hydrogen) atoms. The number of aromatic carboxylic acids is 1. The fraction of sp³-hybridized carbons (Fsp3) is 0.364. The molecular formula is C11H13ClO2S2. The average Bonchev–Trinajstić information content (AvgIpc) is 2.26. The van der Waals surface area contributed by atoms with Gasteiger partial charge in [-0.2, -0.15) is 11.8 Å². The van der Waals surface area contributed by atoms with Crippen molar-refractivity contribution in [1.82, 2.24) is 0 Å². The molecule has 0 amide bonds. The maximum Gasteiger partial charge on any atom is 0.337 e. The molecule has 0 heterocycles. The molecule has 0 aliphatic carbocycles. The zero-order valence-electron chi connectivity index (χ0n) is 8.90. The van der Waals surface area contributed by atoms with Crippen LogP contribution in [-0.2, 0) is 0 Å². The van der Waals surface area contributed by atoms with E-state index < -0.39 is 5.97 Å². The van der Waals surface area contributed by atoms with Crippen LogP contribution in [0, 0.1) is 0 Å². The summed E-state index contributed by atoms with van der Waals surface area (Å²) in [5.41, 5.74) is 0.177. The Labute approximate surface area is 109 Å². The minimum absolute atomic E-state index is 0.177. The molecule has 1 aromatic carbocycles. The highest BCUT2D eigenvalue weighted by Gasteiger charge is 2.09. The first-order chi connectivity index (χ1) is 7.65. The molecule has 0 aliphatic heterocycles. The second-order valence-corrected chi connectivity index (χ2v) is 5.70. The van der Waals surface area contributed by atoms with Crippen molar-refractivity contribution in [1.29, 1.82) is 0 Å². The van der Waals surface area contributed by atoms with Gasteiger partial charge < -0.3 is 5.11 Å². The van der Waals surface area contributed by atoms with Crippen LogP contribution in [0.3, 0.4) is 0 Å². The summed E-state index contributed by atoms with van der Waals surface area (Å²) >= 11 is 9.27. The fourth-order valence-corrected chi connectivity index (χ4v) is 2.86. The summed E-state index contributed by atoms with van der Waals surface area (Å²) in [5.74, 6) is 1.16. The Bertz CT molecular complexity index is 369. The van der Waals surface area contributed by atoms with Crippen molar-refractivity contribution in [2.75, 3.05) is 17.8 Å². The summed E-state index contributed by atoms with van der Waals surface area (Å²) in [5, 5.41) is 9.20. The number of hydrogen-bond donors (Lipinski definition) is 1. The number of halogens is 1. The van der Waals surface area contributed by atoms with Crippen molar-refractivity contribution in [2.45, 2.75) is 11.3 Å². The third-order valence-corrected chi connectivity index (χ3v) is 4.04. The highest BCUT2D eigenvalue weighted by atomic mass is 35.5. The lowest BCUT2D eigenvalue weighted by molar-refractivity contribution is 0.0697. The zero-order valence-corrected chi connectivity index (χ0v) is 11.3. The van der Waals surface area contributed by atoms with E-state index in [2.05, 4.69) is 6.26 Å². The summed E-state index contributed by atoms with van der Waals surface area (Å²) in [7, 11) is 0. The first-order valence-corrected chi connectivity index (χ1v) is 7.55. The van der Waals surface area contributed by atoms with Gasteiger partial charge in [0.2, 0.25) is 0 Å². The first-order valence-electron chi connectivity index (χ1n) is 4.79. The van der Waals surface area contributed by atoms with Gasteiger partial charge in [-0.1, -0.05) is 11.6 Å². The maximum atomic E-state index is 10.9. The average molecular weight is 277 g/mol. The number of thioether (sulfide) groups is 2. The maximum absolute atomic E-state index is 10.9. The molecule has 0 fully saturated rings. The monoisotopic (exact) mass is 276 g/mol. The molecule has 0 saturated heterocycles. The number of hydrogen-bond acceptors (Lipinski definition) is 3. The smallest absolute Gasteiger partial charge is 0.337 e. The summed E-state index contributed by atoms with van der Waals surface area (Å²) in [6.45, 7) is 0. The van der Waals surface area contributed by atoms with Crippen LogP contribution in [0.15, 0.2) is 23.1 Å². The molecule has 0 bridgehead atoms. The molecule has 0 unspecified atom stereocenters. The third kappa shape index (κ3) is 4.28. The zero-order chi connectivity index (χ0) is 12.0. The summed E-state index contributed by atoms with van der Waals surface area (Å²) in [4.78, 5) is 11.8. The van der Waals surface area contributed by atoms with Gasteiger partial charge >= 0.3 is 5.97 Å². The van der Waals surface area contributed by atoms with Gasteiger partial charge in [0.15, 0.2) is 0 Å². The minimum atomic E-state index is -0.975. The second kappa shape index (κ2) is 7.09. The van der Waals surface area contributed by atoms with Crippen LogP contribution in [-0.4, -0.2) is 28.8 Å². The van der Waals surface area contributed by atoms with E-state index in [9.17, 15) is 4.79 Å². The van der Waals surface area contributed by atoms with Gasteiger partial charge in [0, 0.05) is 4.90 Å². The van der Waals surface area contributed by atoms with E-state index in [4.69, 9.17) is 16.7 Å². The molecule has 1 N–H and O–H groups in total. The molecule has 2 nitrogen and oxygen atoms in total. The Morgan fingerprint density at radius 2 is 2.19 bits per heavy atom. The molecule has 0 aromatic heterocycles. The van der Waals surface area contributed by atoms with Gasteiger partial charge in [-0.05, 0) is 42.4 Å². The van der Waals surface area contributed by atoms with Crippen molar-refractivity contribution >= 4 is 41.1 Å². The van der Waals surface area contributed by atoms with Gasteiger partial charge in [0.1, 0.15) is 0 Å². The van der Waals surface area contributed by atoms with E-state index in [0.717, 1.165) is 22.8 Å². The van der Waals surface area contributed by atoms with Crippen LogP contribution in [0.2, 0.25) is 5.02 Å². The highest BCUT2D eigenvalue weighted by Crippen LogP contribution is 2.25. The number of carboxylic acids is 1. The van der Waals surface area contributed by atoms with Crippen LogP contribution < -0.4 is 0 Å². The van der Waals surface area contributed by atoms with Crippen molar-refractivity contribution < 1.29 is 9.90 Å². The van der Waals surface area contributed by atoms with Gasteiger partial charge in [-0.25, -0.2) is 4.79 Å². The van der Waals surface area contributed by atoms with E-state index in [1.165, 1.54) is 0 Å². The summed E-state index contributed by atoms with van der Waals surface area (Å²) < 4.78 is 0. The normalized spacial score (nSPS) is 10.4. The Morgan fingerprint density at radius 1 is 1.44 bits per heavy atom. The van der Waals surface area contributed by atoms with Crippen LogP contribution >= 0.6 is 35.1 Å². The van der Waals surface area contributed by atoms with Gasteiger partial charge in [0.05, 0.1) is 10.6 Å². The molecule has 0 aliphatic rings. The molecule has 1 aromatic rings. The van der Waals surface area contributed by atoms with E-state index in [0.29, 0.717) is 5.02 Å². The Hall–Kier alpha value is -0.320. The Kier molecular flexibility index (Phi) is 6.09. The summed E-state index contributed by atoms with van der Waals surface area (Å²) in [6, 6.07) is 5.13. The SMILES string of the molecule is CSCCCSc1ccc(Cl)c(C(=O)O)c1. The van der Waals surface area contributed by atoms with E-state index in [1.54, 1.807) is 23.9 Å². The highest BCUT2D eigenvalue weighted by molar-refractivity contribution is 7.99. The van der Waals surface area contributed by atoms with Crippen LogP contribution in [0.5, 0.6) is 0 Å². The lowest BCUT2D eigenvalue weighted by Gasteiger charge is -2.04. The fourth-order valence-electron chi connectivity index (χ4n) is 1.15. The quantitative estimate of drug-likeness (QED) is 0.632. The van der Waals surface area contributed by atoms with E-state index >= 15 is 0 Å². The number of carbonyl (C=O) groups is 1. The number of benzene rings is 1. The Morgan fingerprint density at radius 3 is 2.81 bits per heavy atom. The van der Waals surface area contributed by atoms with Crippen molar-refractivity contribution in [3.63, 3.8) is 0 Å². The molecular weight excluding hydrogens is 264 g/mol. The van der Waals surface area contributed by atoms with Crippen LogP contribution in [0.25, 0.3) is 0 Å². The molecule has 0 atom stereocenters. The van der Waals surface area contributed by atoms with Crippen molar-refractivity contribution in [3.8, 4) is 0 Å². The predicted octanol–water partition coefficient (Wildman–Crippen LogP) is 3.88. The molecule has 5 heteroatoms. The topological polar surface area (TPSA) is 37.3 Å². The predicted molar refractivity (Wildman–Crippen MR) is 72.1 cm³/mol. The third-order valence-electron chi connectivity index (χ3n) is 1.93. The lowest BCUT2D eigenvalue weighted by Crippen LogP contribution is -1.97. The lowest BCUT2D eigenvalue weighted by atomic mass is 10.2. The van der Waals surface area contributed by atoms with E-state index in [-0.39, 0.29) is 5.56 Å². The van der Waals surface area contributed by atoms with E-state index in [1.807, 2.05) is 17.8 Å². The Balaban J connectivity index is 2.61. The second-order valence-electron chi connectivity index (χ2n) is 3.14. The standard InChI is InChI=1S/C11H13ClO2S2/c1-15-5-2-6-16-8-3-4-10(12)9(7-8)11(13)14/h3-4,7H,2,5-6H2,1H3,(H,13,14). The largest absolute Gasteiger partial charge is 0.478 e. The van der Waals surface area contributed by atoms with Crippen LogP contribution in [0.4, 0.5) is 0 Å². The molecule has 1 rings (SSSR count). The summed E-state index contributed by atoms with van der Waals surface area (Å²) in [6.07, 6.45) is 3.20. The van der Waals surface area contributed by atoms with Crippen molar-refractivity contribution in [2.24, 2.45) is 0 Å².